The molecule has 8 heteroatoms. The fourth-order valence-electron chi connectivity index (χ4n) is 2.02. The van der Waals surface area contributed by atoms with E-state index in [-0.39, 0.29) is 5.75 Å². The molecular formula is C16H27ClN4O2S. The second kappa shape index (κ2) is 10.5. The van der Waals surface area contributed by atoms with Crippen LogP contribution in [0.1, 0.15) is 25.8 Å². The highest BCUT2D eigenvalue weighted by Crippen LogP contribution is 2.11. The molecule has 0 aliphatic carbocycles. The van der Waals surface area contributed by atoms with E-state index < -0.39 is 10.0 Å². The van der Waals surface area contributed by atoms with Crippen molar-refractivity contribution in [3.63, 3.8) is 0 Å². The van der Waals surface area contributed by atoms with Crippen molar-refractivity contribution in [1.29, 1.82) is 0 Å². The topological polar surface area (TPSA) is 73.8 Å². The summed E-state index contributed by atoms with van der Waals surface area (Å²) in [5.41, 5.74) is 1.04. The lowest BCUT2D eigenvalue weighted by atomic mass is 10.2. The first kappa shape index (κ1) is 20.7. The first-order valence-corrected chi connectivity index (χ1v) is 10.1. The molecule has 0 bridgehead atoms. The van der Waals surface area contributed by atoms with E-state index in [4.69, 9.17) is 11.6 Å². The molecule has 0 amide bonds. The van der Waals surface area contributed by atoms with E-state index in [0.29, 0.717) is 37.0 Å². The van der Waals surface area contributed by atoms with Gasteiger partial charge < -0.3 is 10.6 Å². The van der Waals surface area contributed by atoms with Gasteiger partial charge in [-0.15, -0.1) is 0 Å². The number of hydrogen-bond acceptors (Lipinski definition) is 3. The molecule has 0 aromatic heterocycles. The third-order valence-electron chi connectivity index (χ3n) is 3.43. The zero-order chi connectivity index (χ0) is 18.0. The van der Waals surface area contributed by atoms with Crippen LogP contribution in [0.5, 0.6) is 0 Å². The normalized spacial score (nSPS) is 12.5. The van der Waals surface area contributed by atoms with Crippen LogP contribution in [-0.4, -0.2) is 51.1 Å². The number of guanidine groups is 1. The Balaban J connectivity index is 2.47. The van der Waals surface area contributed by atoms with Crippen LogP contribution in [0.25, 0.3) is 0 Å². The highest BCUT2D eigenvalue weighted by atomic mass is 35.5. The van der Waals surface area contributed by atoms with Crippen molar-refractivity contribution >= 4 is 27.6 Å². The van der Waals surface area contributed by atoms with E-state index in [9.17, 15) is 8.42 Å². The molecule has 0 spiro atoms. The first-order chi connectivity index (χ1) is 11.4. The summed E-state index contributed by atoms with van der Waals surface area (Å²) in [5.74, 6) is 0.833. The Morgan fingerprint density at radius 3 is 2.67 bits per heavy atom. The van der Waals surface area contributed by atoms with E-state index in [1.165, 1.54) is 4.31 Å². The lowest BCUT2D eigenvalue weighted by molar-refractivity contribution is 0.461. The first-order valence-electron chi connectivity index (χ1n) is 8.09. The fourth-order valence-corrected chi connectivity index (χ4v) is 3.08. The smallest absolute Gasteiger partial charge is 0.213 e. The summed E-state index contributed by atoms with van der Waals surface area (Å²) in [7, 11) is -1.50. The predicted octanol–water partition coefficient (Wildman–Crippen LogP) is 2.07. The lowest BCUT2D eigenvalue weighted by Gasteiger charge is -2.16. The van der Waals surface area contributed by atoms with Crippen LogP contribution in [-0.2, 0) is 16.6 Å². The summed E-state index contributed by atoms with van der Waals surface area (Å²) in [4.78, 5) is 4.51. The van der Waals surface area contributed by atoms with Crippen LogP contribution in [0.15, 0.2) is 29.3 Å². The van der Waals surface area contributed by atoms with E-state index >= 15 is 0 Å². The summed E-state index contributed by atoms with van der Waals surface area (Å²) in [5, 5.41) is 7.08. The van der Waals surface area contributed by atoms with Gasteiger partial charge in [0.2, 0.25) is 10.0 Å². The molecule has 1 aromatic rings. The Hall–Kier alpha value is -1.31. The van der Waals surface area contributed by atoms with Crippen molar-refractivity contribution in [2.45, 2.75) is 26.8 Å². The van der Waals surface area contributed by atoms with Gasteiger partial charge in [-0.1, -0.05) is 23.7 Å². The van der Waals surface area contributed by atoms with Crippen LogP contribution in [0, 0.1) is 0 Å². The van der Waals surface area contributed by atoms with Crippen LogP contribution in [0.2, 0.25) is 5.02 Å². The molecule has 1 rings (SSSR count). The Bertz CT molecular complexity index is 635. The molecule has 0 atom stereocenters. The number of nitrogens with zero attached hydrogens (tertiary/aromatic N) is 2. The molecule has 0 aliphatic rings. The second-order valence-electron chi connectivity index (χ2n) is 5.33. The Labute approximate surface area is 150 Å². The van der Waals surface area contributed by atoms with Crippen molar-refractivity contribution < 1.29 is 8.42 Å². The average Bonchev–Trinajstić information content (AvgIpc) is 2.56. The SMILES string of the molecule is CCNC(=NCc1cccc(Cl)c1)NCCCN(C)S(=O)(=O)CC. The van der Waals surface area contributed by atoms with Gasteiger partial charge in [-0.3, -0.25) is 0 Å². The van der Waals surface area contributed by atoms with Gasteiger partial charge in [0.05, 0.1) is 12.3 Å². The monoisotopic (exact) mass is 374 g/mol. The molecule has 136 valence electrons. The Morgan fingerprint density at radius 2 is 2.04 bits per heavy atom. The summed E-state index contributed by atoms with van der Waals surface area (Å²) < 4.78 is 24.7. The minimum atomic E-state index is -3.11. The number of benzene rings is 1. The second-order valence-corrected chi connectivity index (χ2v) is 8.13. The molecule has 0 fully saturated rings. The molecule has 0 saturated carbocycles. The third-order valence-corrected chi connectivity index (χ3v) is 5.53. The van der Waals surface area contributed by atoms with E-state index in [2.05, 4.69) is 15.6 Å². The maximum absolute atomic E-state index is 11.7. The molecule has 0 saturated heterocycles. The van der Waals surface area contributed by atoms with Gasteiger partial charge in [0, 0.05) is 31.7 Å². The molecule has 0 heterocycles. The van der Waals surface area contributed by atoms with Crippen LogP contribution < -0.4 is 10.6 Å². The van der Waals surface area contributed by atoms with Gasteiger partial charge in [0.15, 0.2) is 5.96 Å². The maximum atomic E-state index is 11.7. The van der Waals surface area contributed by atoms with E-state index in [0.717, 1.165) is 12.1 Å². The predicted molar refractivity (Wildman–Crippen MR) is 101 cm³/mol. The molecule has 0 radical (unpaired) electrons. The number of halogens is 1. The van der Waals surface area contributed by atoms with Crippen LogP contribution in [0.3, 0.4) is 0 Å². The number of nitrogens with one attached hydrogen (secondary N) is 2. The summed E-state index contributed by atoms with van der Waals surface area (Å²) in [6.45, 7) is 6.06. The van der Waals surface area contributed by atoms with Crippen molar-refractivity contribution in [3.05, 3.63) is 34.9 Å². The molecule has 2 N–H and O–H groups in total. The number of rotatable bonds is 9. The molecule has 6 nitrogen and oxygen atoms in total. The van der Waals surface area contributed by atoms with Crippen molar-refractivity contribution in [1.82, 2.24) is 14.9 Å². The summed E-state index contributed by atoms with van der Waals surface area (Å²) in [6, 6.07) is 7.60. The zero-order valence-electron chi connectivity index (χ0n) is 14.5. The van der Waals surface area contributed by atoms with Gasteiger partial charge in [-0.25, -0.2) is 17.7 Å². The summed E-state index contributed by atoms with van der Waals surface area (Å²) in [6.07, 6.45) is 0.706. The van der Waals surface area contributed by atoms with Gasteiger partial charge in [-0.2, -0.15) is 0 Å². The zero-order valence-corrected chi connectivity index (χ0v) is 16.1. The molecule has 0 aliphatic heterocycles. The average molecular weight is 375 g/mol. The van der Waals surface area contributed by atoms with Crippen LogP contribution >= 0.6 is 11.6 Å². The van der Waals surface area contributed by atoms with Gasteiger partial charge in [0.25, 0.3) is 0 Å². The van der Waals surface area contributed by atoms with Gasteiger partial charge in [0.1, 0.15) is 0 Å². The molecule has 0 unspecified atom stereocenters. The highest BCUT2D eigenvalue weighted by molar-refractivity contribution is 7.89. The Morgan fingerprint density at radius 1 is 1.29 bits per heavy atom. The van der Waals surface area contributed by atoms with Crippen molar-refractivity contribution in [2.24, 2.45) is 4.99 Å². The molecular weight excluding hydrogens is 348 g/mol. The highest BCUT2D eigenvalue weighted by Gasteiger charge is 2.13. The lowest BCUT2D eigenvalue weighted by Crippen LogP contribution is -2.39. The third kappa shape index (κ3) is 7.51. The number of sulfonamides is 1. The van der Waals surface area contributed by atoms with Gasteiger partial charge >= 0.3 is 0 Å². The molecule has 1 aromatic carbocycles. The quantitative estimate of drug-likeness (QED) is 0.394. The number of aliphatic imine (C=N–C) groups is 1. The molecule has 24 heavy (non-hydrogen) atoms. The van der Waals surface area contributed by atoms with Crippen LogP contribution in [0.4, 0.5) is 0 Å². The van der Waals surface area contributed by atoms with Gasteiger partial charge in [-0.05, 0) is 38.0 Å². The van der Waals surface area contributed by atoms with E-state index in [1.54, 1.807) is 14.0 Å². The minimum absolute atomic E-state index is 0.126. The standard InChI is InChI=1S/C16H27ClN4O2S/c1-4-18-16(20-13-14-8-6-9-15(17)12-14)19-10-7-11-21(3)24(22,23)5-2/h6,8-9,12H,4-5,7,10-11,13H2,1-3H3,(H2,18,19,20). The fraction of sp³-hybridized carbons (Fsp3) is 0.562. The van der Waals surface area contributed by atoms with Crippen molar-refractivity contribution in [2.75, 3.05) is 32.4 Å². The largest absolute Gasteiger partial charge is 0.357 e. The van der Waals surface area contributed by atoms with E-state index in [1.807, 2.05) is 31.2 Å². The maximum Gasteiger partial charge on any atom is 0.213 e. The number of hydrogen-bond donors (Lipinski definition) is 2. The summed E-state index contributed by atoms with van der Waals surface area (Å²) >= 11 is 5.97. The minimum Gasteiger partial charge on any atom is -0.357 e. The van der Waals surface area contributed by atoms with Crippen molar-refractivity contribution in [3.8, 4) is 0 Å². The Kier molecular flexibility index (Phi) is 9.10.